The van der Waals surface area contributed by atoms with E-state index < -0.39 is 41.4 Å². The van der Waals surface area contributed by atoms with Gasteiger partial charge in [0.05, 0.1) is 18.4 Å². The molecule has 1 saturated carbocycles. The monoisotopic (exact) mass is 376 g/mol. The van der Waals surface area contributed by atoms with E-state index in [1.54, 1.807) is 0 Å². The number of aromatic nitrogens is 3. The average molecular weight is 376 g/mol. The molecule has 9 nitrogen and oxygen atoms in total. The number of hydrogen-bond acceptors (Lipinski definition) is 5. The van der Waals surface area contributed by atoms with Crippen LogP contribution in [0, 0.1) is 5.82 Å². The number of carbonyl (C=O) groups is 3. The Morgan fingerprint density at radius 1 is 1.26 bits per heavy atom. The van der Waals surface area contributed by atoms with Crippen LogP contribution in [-0.2, 0) is 4.79 Å². The molecule has 4 rings (SSSR count). The Hall–Kier alpha value is -3.37. The van der Waals surface area contributed by atoms with Gasteiger partial charge in [-0.1, -0.05) is 0 Å². The summed E-state index contributed by atoms with van der Waals surface area (Å²) >= 11 is 0. The fraction of sp³-hybridized carbons (Fsp3) is 0.312. The van der Waals surface area contributed by atoms with E-state index in [0.29, 0.717) is 5.69 Å². The zero-order valence-corrected chi connectivity index (χ0v) is 13.8. The summed E-state index contributed by atoms with van der Waals surface area (Å²) in [4.78, 5) is 37.0. The molecular formula is C16H14F2N6O3. The van der Waals surface area contributed by atoms with Crippen molar-refractivity contribution in [2.24, 2.45) is 0 Å². The topological polar surface area (TPSA) is 118 Å². The first-order valence-electron chi connectivity index (χ1n) is 8.12. The molecular weight excluding hydrogens is 362 g/mol. The van der Waals surface area contributed by atoms with Crippen LogP contribution in [0.2, 0.25) is 0 Å². The molecule has 2 aromatic rings. The van der Waals surface area contributed by atoms with E-state index in [2.05, 4.69) is 20.8 Å². The lowest BCUT2D eigenvalue weighted by Crippen LogP contribution is -2.62. The van der Waals surface area contributed by atoms with Crippen LogP contribution in [0.15, 0.2) is 30.5 Å². The molecule has 3 N–H and O–H groups in total. The standard InChI is InChI=1S/C16H14F2N6O3/c17-9-1-3-10(4-2-9)24-20-7-11(23-24)12(25)19-8-16(15(18)5-6-15)13(26)21-14(27)22-16/h1-4,7H,5-6,8H2,(H,19,25)(H2,21,22,26,27). The van der Waals surface area contributed by atoms with Crippen molar-refractivity contribution >= 4 is 17.8 Å². The minimum Gasteiger partial charge on any atom is -0.348 e. The minimum atomic E-state index is -1.90. The van der Waals surface area contributed by atoms with Gasteiger partial charge in [0.2, 0.25) is 0 Å². The summed E-state index contributed by atoms with van der Waals surface area (Å²) < 4.78 is 27.7. The molecule has 2 aliphatic rings. The smallest absolute Gasteiger partial charge is 0.322 e. The maximum absolute atomic E-state index is 14.7. The first kappa shape index (κ1) is 17.1. The maximum Gasteiger partial charge on any atom is 0.322 e. The summed E-state index contributed by atoms with van der Waals surface area (Å²) in [6, 6.07) is 4.51. The summed E-state index contributed by atoms with van der Waals surface area (Å²) in [7, 11) is 0. The van der Waals surface area contributed by atoms with Crippen LogP contribution < -0.4 is 16.0 Å². The van der Waals surface area contributed by atoms with Crippen LogP contribution in [0.3, 0.4) is 0 Å². The van der Waals surface area contributed by atoms with Gasteiger partial charge in [-0.2, -0.15) is 9.90 Å². The van der Waals surface area contributed by atoms with Crippen molar-refractivity contribution in [3.05, 3.63) is 42.0 Å². The van der Waals surface area contributed by atoms with E-state index in [1.807, 2.05) is 5.32 Å². The molecule has 2 fully saturated rings. The quantitative estimate of drug-likeness (QED) is 0.645. The molecule has 1 aromatic heterocycles. The van der Waals surface area contributed by atoms with Crippen molar-refractivity contribution in [1.82, 2.24) is 30.9 Å². The Bertz CT molecular complexity index is 940. The Labute approximate surface area is 151 Å². The molecule has 0 radical (unpaired) electrons. The van der Waals surface area contributed by atoms with Gasteiger partial charge in [-0.25, -0.2) is 13.6 Å². The average Bonchev–Trinajstić information content (AvgIpc) is 3.08. The number of carbonyl (C=O) groups excluding carboxylic acids is 3. The summed E-state index contributed by atoms with van der Waals surface area (Å²) in [6.45, 7) is -0.427. The van der Waals surface area contributed by atoms with Gasteiger partial charge in [-0.15, -0.1) is 5.10 Å². The fourth-order valence-corrected chi connectivity index (χ4v) is 3.00. The zero-order chi connectivity index (χ0) is 19.2. The molecule has 4 amide bonds. The van der Waals surface area contributed by atoms with Gasteiger partial charge in [0, 0.05) is 0 Å². The van der Waals surface area contributed by atoms with Crippen LogP contribution in [0.4, 0.5) is 13.6 Å². The fourth-order valence-electron chi connectivity index (χ4n) is 3.00. The van der Waals surface area contributed by atoms with Crippen LogP contribution in [0.25, 0.3) is 5.69 Å². The lowest BCUT2D eigenvalue weighted by atomic mass is 9.91. The van der Waals surface area contributed by atoms with Crippen molar-refractivity contribution in [1.29, 1.82) is 0 Å². The molecule has 0 spiro atoms. The maximum atomic E-state index is 14.7. The number of amides is 4. The number of nitrogens with one attached hydrogen (secondary N) is 3. The van der Waals surface area contributed by atoms with Gasteiger partial charge in [-0.3, -0.25) is 14.9 Å². The van der Waals surface area contributed by atoms with Crippen molar-refractivity contribution < 1.29 is 23.2 Å². The highest BCUT2D eigenvalue weighted by Crippen LogP contribution is 2.49. The Balaban J connectivity index is 1.49. The van der Waals surface area contributed by atoms with E-state index in [9.17, 15) is 23.2 Å². The highest BCUT2D eigenvalue weighted by Gasteiger charge is 2.68. The molecule has 1 aromatic carbocycles. The molecule has 1 aliphatic heterocycles. The second-order valence-electron chi connectivity index (χ2n) is 6.46. The SMILES string of the molecule is O=C1NC(=O)C(CNC(=O)c2cnn(-c3ccc(F)cc3)n2)(C2(F)CC2)N1. The molecule has 11 heteroatoms. The predicted octanol–water partition coefficient (Wildman–Crippen LogP) is 0.216. The lowest BCUT2D eigenvalue weighted by molar-refractivity contribution is -0.126. The van der Waals surface area contributed by atoms with Crippen molar-refractivity contribution in [3.8, 4) is 5.69 Å². The van der Waals surface area contributed by atoms with Gasteiger partial charge >= 0.3 is 6.03 Å². The van der Waals surface area contributed by atoms with Gasteiger partial charge in [0.25, 0.3) is 11.8 Å². The van der Waals surface area contributed by atoms with Crippen LogP contribution in [-0.4, -0.2) is 50.6 Å². The molecule has 0 bridgehead atoms. The molecule has 1 aliphatic carbocycles. The summed E-state index contributed by atoms with van der Waals surface area (Å²) in [5.41, 5.74) is -3.38. The number of imide groups is 1. The Morgan fingerprint density at radius 2 is 1.96 bits per heavy atom. The number of benzene rings is 1. The van der Waals surface area contributed by atoms with Gasteiger partial charge in [0.1, 0.15) is 11.5 Å². The second kappa shape index (κ2) is 5.83. The number of alkyl halides is 1. The number of halogens is 2. The van der Waals surface area contributed by atoms with E-state index in [4.69, 9.17) is 0 Å². The zero-order valence-electron chi connectivity index (χ0n) is 13.8. The van der Waals surface area contributed by atoms with E-state index in [-0.39, 0.29) is 18.5 Å². The summed E-state index contributed by atoms with van der Waals surface area (Å²) in [5.74, 6) is -1.94. The van der Waals surface area contributed by atoms with Crippen molar-refractivity contribution in [2.75, 3.05) is 6.54 Å². The van der Waals surface area contributed by atoms with Gasteiger partial charge < -0.3 is 10.6 Å². The van der Waals surface area contributed by atoms with E-state index >= 15 is 0 Å². The van der Waals surface area contributed by atoms with E-state index in [1.165, 1.54) is 30.5 Å². The molecule has 1 atom stereocenters. The third kappa shape index (κ3) is 2.80. The lowest BCUT2D eigenvalue weighted by Gasteiger charge is -2.29. The molecule has 1 saturated heterocycles. The molecule has 1 unspecified atom stereocenters. The summed E-state index contributed by atoms with van der Waals surface area (Å²) in [6.07, 6.45) is 1.40. The van der Waals surface area contributed by atoms with Gasteiger partial charge in [0.15, 0.2) is 11.2 Å². The van der Waals surface area contributed by atoms with E-state index in [0.717, 1.165) is 4.80 Å². The molecule has 27 heavy (non-hydrogen) atoms. The normalized spacial score (nSPS) is 22.9. The third-order valence-corrected chi connectivity index (χ3v) is 4.69. The Morgan fingerprint density at radius 3 is 2.56 bits per heavy atom. The predicted molar refractivity (Wildman–Crippen MR) is 86.1 cm³/mol. The number of urea groups is 1. The van der Waals surface area contributed by atoms with Crippen molar-refractivity contribution in [2.45, 2.75) is 24.0 Å². The van der Waals surface area contributed by atoms with Crippen LogP contribution >= 0.6 is 0 Å². The highest BCUT2D eigenvalue weighted by atomic mass is 19.1. The minimum absolute atomic E-state index is 0.0806. The number of hydrogen-bond donors (Lipinski definition) is 3. The Kier molecular flexibility index (Phi) is 3.68. The van der Waals surface area contributed by atoms with Crippen LogP contribution in [0.5, 0.6) is 0 Å². The van der Waals surface area contributed by atoms with Crippen LogP contribution in [0.1, 0.15) is 23.3 Å². The van der Waals surface area contributed by atoms with Crippen molar-refractivity contribution in [3.63, 3.8) is 0 Å². The summed E-state index contributed by atoms with van der Waals surface area (Å²) in [5, 5.41) is 14.6. The third-order valence-electron chi connectivity index (χ3n) is 4.69. The largest absolute Gasteiger partial charge is 0.348 e. The first-order valence-corrected chi connectivity index (χ1v) is 8.12. The molecule has 2 heterocycles. The molecule has 140 valence electrons. The number of rotatable bonds is 5. The first-order chi connectivity index (χ1) is 12.8. The highest BCUT2D eigenvalue weighted by molar-refractivity contribution is 6.08. The second-order valence-corrected chi connectivity index (χ2v) is 6.46. The number of nitrogens with zero attached hydrogens (tertiary/aromatic N) is 3. The van der Waals surface area contributed by atoms with Gasteiger partial charge in [-0.05, 0) is 37.1 Å².